The Morgan fingerprint density at radius 2 is 1.05 bits per heavy atom. The lowest BCUT2D eigenvalue weighted by Crippen LogP contribution is -2.81. The predicted octanol–water partition coefficient (Wildman–Crippen LogP) is 7.08. The van der Waals surface area contributed by atoms with Gasteiger partial charge in [-0.25, -0.2) is 4.68 Å². The lowest BCUT2D eigenvalue weighted by molar-refractivity contribution is -0.383. The third-order valence-corrected chi connectivity index (χ3v) is 11.7. The minimum atomic E-state index is -2.30. The molecular formula is C48H52N2O5. The monoisotopic (exact) mass is 736 g/mol. The molecule has 7 rings (SSSR count). The van der Waals surface area contributed by atoms with E-state index in [1.807, 2.05) is 135 Å². The second-order valence-corrected chi connectivity index (χ2v) is 15.3. The van der Waals surface area contributed by atoms with Crippen LogP contribution in [0.1, 0.15) is 63.5 Å². The Morgan fingerprint density at radius 3 is 1.56 bits per heavy atom. The molecule has 4 N–H and O–H groups in total. The zero-order valence-electron chi connectivity index (χ0n) is 31.9. The van der Waals surface area contributed by atoms with E-state index in [1.54, 1.807) is 4.68 Å². The zero-order valence-corrected chi connectivity index (χ0v) is 31.9. The van der Waals surface area contributed by atoms with Crippen LogP contribution in [0, 0.1) is 13.8 Å². The highest BCUT2D eigenvalue weighted by Gasteiger charge is 2.73. The van der Waals surface area contributed by atoms with Crippen LogP contribution in [0.5, 0.6) is 0 Å². The number of aliphatic hydroxyl groups is 4. The Balaban J connectivity index is 1.44. The first kappa shape index (κ1) is 38.4. The molecule has 1 aliphatic rings. The summed E-state index contributed by atoms with van der Waals surface area (Å²) in [5, 5.41) is 58.4. The highest BCUT2D eigenvalue weighted by Crippen LogP contribution is 2.54. The number of aromatic nitrogens is 2. The van der Waals surface area contributed by atoms with Crippen LogP contribution < -0.4 is 0 Å². The number of hydrogen-bond donors (Lipinski definition) is 4. The van der Waals surface area contributed by atoms with Gasteiger partial charge in [-0.15, -0.1) is 0 Å². The molecule has 1 aliphatic heterocycles. The van der Waals surface area contributed by atoms with E-state index in [-0.39, 0.29) is 25.7 Å². The molecule has 6 atom stereocenters. The maximum Gasteiger partial charge on any atom is 0.182 e. The highest BCUT2D eigenvalue weighted by atomic mass is 16.6. The van der Waals surface area contributed by atoms with Crippen LogP contribution in [-0.4, -0.2) is 59.2 Å². The van der Waals surface area contributed by atoms with E-state index in [1.165, 1.54) is 5.56 Å². The number of hydrogen-bond acceptors (Lipinski definition) is 6. The van der Waals surface area contributed by atoms with E-state index in [2.05, 4.69) is 31.2 Å². The minimum absolute atomic E-state index is 0.0768. The molecule has 0 amide bonds. The smallest absolute Gasteiger partial charge is 0.182 e. The second-order valence-electron chi connectivity index (χ2n) is 15.3. The van der Waals surface area contributed by atoms with Gasteiger partial charge in [0, 0.05) is 43.4 Å². The lowest BCUT2D eigenvalue weighted by Gasteiger charge is -2.62. The van der Waals surface area contributed by atoms with Gasteiger partial charge >= 0.3 is 0 Å². The molecule has 55 heavy (non-hydrogen) atoms. The standard InChI is InChI=1S/C48H52N2O5/c1-4-36-25-27-38(28-26-36)29-42-34(2)49-50(35(42)3)45-47(53,32-40-21-13-7-14-22-40)48(54,33-41-23-15-8-16-24-41)46(52,31-39-19-11-6-12-20-39)44(55-45)43(51)30-37-17-9-5-10-18-37/h5-28,43-45,51-54H,4,29-33H2,1-3H3/t43?,44-,45-,46-,47+,48+/m1/s1. The van der Waals surface area contributed by atoms with Crippen LogP contribution in [0.15, 0.2) is 146 Å². The SMILES string of the molecule is CCc1ccc(Cc2c(C)nn([C@@H]3O[C@H](C(O)Cc4ccccc4)[C@](O)(Cc4ccccc4)[C@@](O)(Cc4ccccc4)[C@]3(O)Cc3ccccc3)c2C)cc1. The van der Waals surface area contributed by atoms with Gasteiger partial charge in [0.1, 0.15) is 22.9 Å². The normalized spacial score (nSPS) is 24.4. The topological polar surface area (TPSA) is 108 Å². The molecule has 0 bridgehead atoms. The molecule has 5 aromatic carbocycles. The fourth-order valence-corrected chi connectivity index (χ4v) is 8.58. The Hall–Kier alpha value is -4.89. The molecule has 6 aromatic rings. The molecule has 284 valence electrons. The fraction of sp³-hybridized carbons (Fsp3) is 0.312. The number of rotatable bonds is 13. The van der Waals surface area contributed by atoms with Crippen molar-refractivity contribution in [2.75, 3.05) is 0 Å². The van der Waals surface area contributed by atoms with Crippen molar-refractivity contribution in [3.05, 3.63) is 196 Å². The number of nitrogens with zero attached hydrogens (tertiary/aromatic N) is 2. The van der Waals surface area contributed by atoms with Gasteiger partial charge in [0.05, 0.1) is 11.8 Å². The van der Waals surface area contributed by atoms with E-state index in [0.717, 1.165) is 45.6 Å². The number of aryl methyl sites for hydroxylation is 2. The summed E-state index contributed by atoms with van der Waals surface area (Å²) >= 11 is 0. The third-order valence-electron chi connectivity index (χ3n) is 11.7. The van der Waals surface area contributed by atoms with Crippen molar-refractivity contribution in [1.82, 2.24) is 9.78 Å². The zero-order chi connectivity index (χ0) is 38.6. The summed E-state index contributed by atoms with van der Waals surface area (Å²) in [5.41, 5.74) is 1.22. The van der Waals surface area contributed by atoms with Crippen molar-refractivity contribution < 1.29 is 25.2 Å². The van der Waals surface area contributed by atoms with Gasteiger partial charge in [0.25, 0.3) is 0 Å². The molecule has 7 nitrogen and oxygen atoms in total. The van der Waals surface area contributed by atoms with Crippen LogP contribution in [0.3, 0.4) is 0 Å². The minimum Gasteiger partial charge on any atom is -0.390 e. The third kappa shape index (κ3) is 7.56. The van der Waals surface area contributed by atoms with E-state index in [4.69, 9.17) is 9.84 Å². The van der Waals surface area contributed by atoms with E-state index < -0.39 is 35.2 Å². The lowest BCUT2D eigenvalue weighted by atomic mass is 9.58. The second kappa shape index (κ2) is 16.1. The molecule has 0 spiro atoms. The maximum absolute atomic E-state index is 13.8. The van der Waals surface area contributed by atoms with Gasteiger partial charge in [0.15, 0.2) is 6.23 Å². The fourth-order valence-electron chi connectivity index (χ4n) is 8.58. The van der Waals surface area contributed by atoms with Crippen LogP contribution >= 0.6 is 0 Å². The first-order chi connectivity index (χ1) is 26.5. The first-order valence-electron chi connectivity index (χ1n) is 19.3. The number of ether oxygens (including phenoxy) is 1. The molecule has 1 unspecified atom stereocenters. The summed E-state index contributed by atoms with van der Waals surface area (Å²) in [5.74, 6) is 0. The van der Waals surface area contributed by atoms with Crippen molar-refractivity contribution in [2.45, 2.75) is 94.5 Å². The molecule has 1 saturated heterocycles. The molecule has 1 aromatic heterocycles. The molecular weight excluding hydrogens is 685 g/mol. The van der Waals surface area contributed by atoms with Crippen molar-refractivity contribution in [3.8, 4) is 0 Å². The van der Waals surface area contributed by atoms with Gasteiger partial charge in [-0.05, 0) is 53.6 Å². The van der Waals surface area contributed by atoms with Gasteiger partial charge in [0.2, 0.25) is 0 Å². The van der Waals surface area contributed by atoms with E-state index in [0.29, 0.717) is 12.0 Å². The van der Waals surface area contributed by atoms with Gasteiger partial charge in [-0.3, -0.25) is 0 Å². The van der Waals surface area contributed by atoms with Gasteiger partial charge in [-0.1, -0.05) is 153 Å². The van der Waals surface area contributed by atoms with E-state index >= 15 is 0 Å². The molecule has 0 radical (unpaired) electrons. The summed E-state index contributed by atoms with van der Waals surface area (Å²) in [7, 11) is 0. The Labute approximate surface area is 324 Å². The van der Waals surface area contributed by atoms with Crippen molar-refractivity contribution in [3.63, 3.8) is 0 Å². The average molecular weight is 737 g/mol. The number of aliphatic hydroxyl groups excluding tert-OH is 1. The van der Waals surface area contributed by atoms with Gasteiger partial charge in [-0.2, -0.15) is 5.10 Å². The van der Waals surface area contributed by atoms with Crippen molar-refractivity contribution in [2.24, 2.45) is 0 Å². The van der Waals surface area contributed by atoms with Crippen LogP contribution in [0.25, 0.3) is 0 Å². The Bertz CT molecular complexity index is 2140. The Morgan fingerprint density at radius 1 is 0.600 bits per heavy atom. The molecule has 1 fully saturated rings. The van der Waals surface area contributed by atoms with Crippen molar-refractivity contribution in [1.29, 1.82) is 0 Å². The van der Waals surface area contributed by atoms with Crippen molar-refractivity contribution >= 4 is 0 Å². The largest absolute Gasteiger partial charge is 0.390 e. The predicted molar refractivity (Wildman–Crippen MR) is 216 cm³/mol. The molecule has 0 aliphatic carbocycles. The summed E-state index contributed by atoms with van der Waals surface area (Å²) in [4.78, 5) is 0. The summed E-state index contributed by atoms with van der Waals surface area (Å²) in [6, 6.07) is 46.4. The Kier molecular flexibility index (Phi) is 11.2. The first-order valence-corrected chi connectivity index (χ1v) is 19.3. The van der Waals surface area contributed by atoms with E-state index in [9.17, 15) is 20.4 Å². The molecule has 0 saturated carbocycles. The van der Waals surface area contributed by atoms with Crippen LogP contribution in [0.2, 0.25) is 0 Å². The summed E-state index contributed by atoms with van der Waals surface area (Å²) in [6.07, 6.45) is -2.57. The number of benzene rings is 5. The molecule has 2 heterocycles. The maximum atomic E-state index is 13.8. The van der Waals surface area contributed by atoms with Crippen LogP contribution in [-0.2, 0) is 43.3 Å². The summed E-state index contributed by atoms with van der Waals surface area (Å²) in [6.45, 7) is 6.04. The average Bonchev–Trinajstić information content (AvgIpc) is 3.47. The van der Waals surface area contributed by atoms with Gasteiger partial charge < -0.3 is 25.2 Å². The van der Waals surface area contributed by atoms with Crippen LogP contribution in [0.4, 0.5) is 0 Å². The summed E-state index contributed by atoms with van der Waals surface area (Å²) < 4.78 is 8.71. The quantitative estimate of drug-likeness (QED) is 0.101. The molecule has 7 heteroatoms. The highest BCUT2D eigenvalue weighted by molar-refractivity contribution is 5.37.